The molecule has 1 N–H and O–H groups in total. The van der Waals surface area contributed by atoms with Gasteiger partial charge in [-0.25, -0.2) is 13.2 Å². The van der Waals surface area contributed by atoms with Gasteiger partial charge in [0.2, 0.25) is 0 Å². The number of nitrogens with one attached hydrogen (secondary N) is 1. The summed E-state index contributed by atoms with van der Waals surface area (Å²) in [5.41, 5.74) is -0.0802. The summed E-state index contributed by atoms with van der Waals surface area (Å²) in [4.78, 5) is 34.7. The van der Waals surface area contributed by atoms with Crippen LogP contribution < -0.4 is 4.72 Å². The Kier molecular flexibility index (Phi) is 6.23. The van der Waals surface area contributed by atoms with Crippen molar-refractivity contribution in [3.63, 3.8) is 0 Å². The Hall–Kier alpha value is -3.57. The highest BCUT2D eigenvalue weighted by atomic mass is 32.2. The number of nitrogens with zero attached hydrogens (tertiary/aromatic N) is 1. The minimum absolute atomic E-state index is 0.0127. The highest BCUT2D eigenvalue weighted by Gasteiger charge is 2.21. The molecule has 154 valence electrons. The summed E-state index contributed by atoms with van der Waals surface area (Å²) < 4.78 is 32.3. The Morgan fingerprint density at radius 3 is 2.37 bits per heavy atom. The molecule has 3 aromatic rings. The van der Waals surface area contributed by atoms with Crippen LogP contribution >= 0.6 is 11.3 Å². The van der Waals surface area contributed by atoms with Crippen molar-refractivity contribution in [2.24, 2.45) is 0 Å². The number of hydrogen-bond donors (Lipinski definition) is 1. The smallest absolute Gasteiger partial charge is 0.340 e. The number of ether oxygens (including phenoxy) is 1. The van der Waals surface area contributed by atoms with E-state index >= 15 is 0 Å². The number of para-hydroxylation sites is 1. The van der Waals surface area contributed by atoms with Gasteiger partial charge in [0.15, 0.2) is 12.4 Å². The van der Waals surface area contributed by atoms with Crippen LogP contribution in [0, 0.1) is 10.1 Å². The third-order valence-electron chi connectivity index (χ3n) is 3.89. The quantitative estimate of drug-likeness (QED) is 0.242. The number of esters is 1. The molecule has 0 saturated carbocycles. The molecule has 0 amide bonds. The summed E-state index contributed by atoms with van der Waals surface area (Å²) in [6, 6.07) is 13.7. The molecule has 2 aromatic carbocycles. The summed E-state index contributed by atoms with van der Waals surface area (Å²) in [5.74, 6) is -1.45. The van der Waals surface area contributed by atoms with Crippen LogP contribution in [-0.2, 0) is 14.8 Å². The molecular formula is C19H14N2O7S2. The van der Waals surface area contributed by atoms with Gasteiger partial charge in [-0.2, -0.15) is 0 Å². The lowest BCUT2D eigenvalue weighted by molar-refractivity contribution is -0.384. The number of sulfonamides is 1. The number of anilines is 1. The largest absolute Gasteiger partial charge is 0.454 e. The fourth-order valence-electron chi connectivity index (χ4n) is 2.42. The highest BCUT2D eigenvalue weighted by molar-refractivity contribution is 7.94. The normalized spacial score (nSPS) is 10.9. The minimum atomic E-state index is -3.87. The van der Waals surface area contributed by atoms with E-state index in [0.29, 0.717) is 0 Å². The van der Waals surface area contributed by atoms with E-state index in [4.69, 9.17) is 4.74 Å². The lowest BCUT2D eigenvalue weighted by Crippen LogP contribution is -2.18. The molecule has 0 aliphatic rings. The third-order valence-corrected chi connectivity index (χ3v) is 6.65. The van der Waals surface area contributed by atoms with Crippen LogP contribution in [0.25, 0.3) is 0 Å². The van der Waals surface area contributed by atoms with Crippen molar-refractivity contribution in [2.75, 3.05) is 11.3 Å². The second kappa shape index (κ2) is 8.84. The van der Waals surface area contributed by atoms with Gasteiger partial charge in [0.25, 0.3) is 15.7 Å². The fourth-order valence-corrected chi connectivity index (χ4v) is 4.50. The molecule has 0 fully saturated rings. The van der Waals surface area contributed by atoms with Crippen molar-refractivity contribution in [1.29, 1.82) is 0 Å². The van der Waals surface area contributed by atoms with Crippen molar-refractivity contribution in [2.45, 2.75) is 4.21 Å². The van der Waals surface area contributed by atoms with Gasteiger partial charge >= 0.3 is 5.97 Å². The summed E-state index contributed by atoms with van der Waals surface area (Å²) in [6.45, 7) is -0.608. The van der Waals surface area contributed by atoms with Crippen LogP contribution in [-0.4, -0.2) is 31.7 Å². The van der Waals surface area contributed by atoms with E-state index in [1.807, 2.05) is 0 Å². The lowest BCUT2D eigenvalue weighted by atomic mass is 10.1. The Bertz CT molecular complexity index is 1190. The first-order chi connectivity index (χ1) is 14.3. The predicted octanol–water partition coefficient (Wildman–Crippen LogP) is 3.50. The first-order valence-corrected chi connectivity index (χ1v) is 10.7. The first-order valence-electron chi connectivity index (χ1n) is 8.38. The van der Waals surface area contributed by atoms with Crippen LogP contribution in [0.2, 0.25) is 0 Å². The molecule has 9 nitrogen and oxygen atoms in total. The van der Waals surface area contributed by atoms with Crippen LogP contribution in [0.5, 0.6) is 0 Å². The number of Topliss-reactive ketones (excluding diaryl/α,β-unsaturated/α-hetero) is 1. The third kappa shape index (κ3) is 4.88. The molecule has 1 heterocycles. The van der Waals surface area contributed by atoms with Gasteiger partial charge in [0.05, 0.1) is 16.2 Å². The van der Waals surface area contributed by atoms with Crippen LogP contribution in [0.15, 0.2) is 70.3 Å². The van der Waals surface area contributed by atoms with Gasteiger partial charge in [-0.1, -0.05) is 18.2 Å². The number of carbonyl (C=O) groups excluding carboxylic acids is 2. The van der Waals surface area contributed by atoms with Crippen molar-refractivity contribution < 1.29 is 27.7 Å². The van der Waals surface area contributed by atoms with Gasteiger partial charge in [-0.3, -0.25) is 19.6 Å². The predicted molar refractivity (Wildman–Crippen MR) is 109 cm³/mol. The molecule has 11 heteroatoms. The Labute approximate surface area is 175 Å². The number of nitro benzene ring substituents is 1. The lowest BCUT2D eigenvalue weighted by Gasteiger charge is -2.11. The molecule has 0 atom stereocenters. The molecule has 3 rings (SSSR count). The van der Waals surface area contributed by atoms with Crippen molar-refractivity contribution in [3.05, 3.63) is 87.3 Å². The second-order valence-corrected chi connectivity index (χ2v) is 8.74. The molecule has 0 spiro atoms. The monoisotopic (exact) mass is 446 g/mol. The molecule has 0 aliphatic heterocycles. The van der Waals surface area contributed by atoms with E-state index in [1.54, 1.807) is 17.5 Å². The van der Waals surface area contributed by atoms with E-state index in [1.165, 1.54) is 48.5 Å². The Morgan fingerprint density at radius 2 is 1.73 bits per heavy atom. The van der Waals surface area contributed by atoms with Gasteiger partial charge in [0.1, 0.15) is 4.21 Å². The zero-order chi connectivity index (χ0) is 21.7. The molecular weight excluding hydrogens is 432 g/mol. The number of thiophene rings is 1. The highest BCUT2D eigenvalue weighted by Crippen LogP contribution is 2.23. The summed E-state index contributed by atoms with van der Waals surface area (Å²) in [7, 11) is -3.87. The SMILES string of the molecule is O=C(COC(=O)c1ccccc1NS(=O)(=O)c1cccs1)c1ccc([N+](=O)[O-])cc1. The van der Waals surface area contributed by atoms with Gasteiger partial charge in [-0.15, -0.1) is 11.3 Å². The van der Waals surface area contributed by atoms with Crippen molar-refractivity contribution >= 4 is 44.5 Å². The zero-order valence-electron chi connectivity index (χ0n) is 15.2. The minimum Gasteiger partial charge on any atom is -0.454 e. The maximum absolute atomic E-state index is 12.4. The summed E-state index contributed by atoms with van der Waals surface area (Å²) >= 11 is 1.02. The number of nitro groups is 1. The standard InChI is InChI=1S/C19H14N2O7S2/c22-17(13-7-9-14(10-8-13)21(24)25)12-28-19(23)15-4-1-2-5-16(15)20-30(26,27)18-6-3-11-29-18/h1-11,20H,12H2. The van der Waals surface area contributed by atoms with Crippen molar-refractivity contribution in [3.8, 4) is 0 Å². The number of ketones is 1. The number of rotatable bonds is 8. The van der Waals surface area contributed by atoms with E-state index in [-0.39, 0.29) is 26.7 Å². The van der Waals surface area contributed by atoms with E-state index in [2.05, 4.69) is 4.72 Å². The molecule has 1 aromatic heterocycles. The van der Waals surface area contributed by atoms with E-state index in [0.717, 1.165) is 11.3 Å². The van der Waals surface area contributed by atoms with Crippen molar-refractivity contribution in [1.82, 2.24) is 0 Å². The number of non-ortho nitro benzene ring substituents is 1. The fraction of sp³-hybridized carbons (Fsp3) is 0.0526. The summed E-state index contributed by atoms with van der Waals surface area (Å²) in [5, 5.41) is 12.3. The van der Waals surface area contributed by atoms with Crippen LogP contribution in [0.4, 0.5) is 11.4 Å². The second-order valence-electron chi connectivity index (χ2n) is 5.89. The first kappa shape index (κ1) is 21.1. The number of hydrogen-bond acceptors (Lipinski definition) is 8. The average Bonchev–Trinajstić information content (AvgIpc) is 3.28. The zero-order valence-corrected chi connectivity index (χ0v) is 16.8. The Balaban J connectivity index is 1.70. The number of benzene rings is 2. The van der Waals surface area contributed by atoms with E-state index < -0.39 is 33.3 Å². The Morgan fingerprint density at radius 1 is 1.03 bits per heavy atom. The maximum Gasteiger partial charge on any atom is 0.340 e. The summed E-state index contributed by atoms with van der Waals surface area (Å²) in [6.07, 6.45) is 0. The molecule has 0 saturated heterocycles. The average molecular weight is 446 g/mol. The molecule has 0 radical (unpaired) electrons. The van der Waals surface area contributed by atoms with Crippen LogP contribution in [0.1, 0.15) is 20.7 Å². The van der Waals surface area contributed by atoms with Gasteiger partial charge in [-0.05, 0) is 35.7 Å². The maximum atomic E-state index is 12.4. The van der Waals surface area contributed by atoms with Crippen LogP contribution in [0.3, 0.4) is 0 Å². The topological polar surface area (TPSA) is 133 Å². The van der Waals surface area contributed by atoms with Gasteiger partial charge in [0, 0.05) is 17.7 Å². The molecule has 30 heavy (non-hydrogen) atoms. The molecule has 0 bridgehead atoms. The van der Waals surface area contributed by atoms with E-state index in [9.17, 15) is 28.1 Å². The molecule has 0 unspecified atom stereocenters. The van der Waals surface area contributed by atoms with Gasteiger partial charge < -0.3 is 4.74 Å². The number of carbonyl (C=O) groups is 2. The molecule has 0 aliphatic carbocycles.